The maximum atomic E-state index is 13.8. The number of carboxylic acid groups (broad SMARTS) is 3. The Kier molecular flexibility index (Phi) is 35.0. The van der Waals surface area contributed by atoms with Gasteiger partial charge in [0.25, 0.3) is 0 Å². The predicted molar refractivity (Wildman–Crippen MR) is 391 cm³/mol. The Hall–Kier alpha value is -9.38. The van der Waals surface area contributed by atoms with Gasteiger partial charge in [-0.2, -0.15) is 12.6 Å². The highest BCUT2D eigenvalue weighted by atomic mass is 32.2. The second-order valence-electron chi connectivity index (χ2n) is 24.3. The third-order valence-corrected chi connectivity index (χ3v) is 20.3. The first kappa shape index (κ1) is 88.5. The second-order valence-corrected chi connectivity index (χ2v) is 28.6. The smallest absolute Gasteiger partial charge is 0.372 e. The summed E-state index contributed by atoms with van der Waals surface area (Å²) in [6.45, 7) is 2.69. The average Bonchev–Trinajstić information content (AvgIpc) is 0.966. The number of nitrogens with one attached hydrogen (secondary N) is 4. The molecule has 11 N–H and O–H groups in total. The lowest BCUT2D eigenvalue weighted by molar-refractivity contribution is -0.176. The molecule has 2 aliphatic heterocycles. The summed E-state index contributed by atoms with van der Waals surface area (Å²) in [4.78, 5) is 151. The molecule has 4 radical (unpaired) electrons. The van der Waals surface area contributed by atoms with Crippen molar-refractivity contribution < 1.29 is 128 Å². The quantitative estimate of drug-likeness (QED) is 0.00272. The number of aromatic carboxylic acids is 1. The Morgan fingerprint density at radius 1 is 0.651 bits per heavy atom. The topological polar surface area (TPSA) is 533 Å². The van der Waals surface area contributed by atoms with Gasteiger partial charge in [0.1, 0.15) is 25.1 Å². The van der Waals surface area contributed by atoms with Gasteiger partial charge in [-0.3, -0.25) is 53.5 Å². The Balaban J connectivity index is 0.000000485. The molecule has 3 aliphatic rings. The number of hydrogen-bond acceptors (Lipinski definition) is 28. The summed E-state index contributed by atoms with van der Waals surface area (Å²) in [6.07, 6.45) is -1.69. The number of nitrogens with two attached hydrogens (primary N) is 2. The molecule has 33 nitrogen and oxygen atoms in total. The summed E-state index contributed by atoms with van der Waals surface area (Å²) in [5.41, 5.74) is 4.28. The lowest BCUT2D eigenvalue weighted by Gasteiger charge is -2.22. The maximum absolute atomic E-state index is 13.8. The van der Waals surface area contributed by atoms with Gasteiger partial charge in [0, 0.05) is 110 Å². The fraction of sp³-hybridized carbons (Fsp3) is 0.386. The number of Topliss-reactive ketones (excluding diaryl/α,β-unsaturated/α-hetero) is 5. The highest BCUT2D eigenvalue weighted by Gasteiger charge is 2.41. The molecule has 0 aromatic heterocycles. The molecule has 0 spiro atoms. The zero-order chi connectivity index (χ0) is 80.1. The van der Waals surface area contributed by atoms with E-state index in [9.17, 15) is 93.7 Å². The number of carbonyl (C=O) groups excluding carboxylic acids is 9. The Labute approximate surface area is 637 Å². The van der Waals surface area contributed by atoms with E-state index in [0.29, 0.717) is 45.1 Å². The number of aliphatic carboxylic acids is 2. The number of thioether (sulfide) groups is 1. The van der Waals surface area contributed by atoms with Crippen molar-refractivity contribution in [3.05, 3.63) is 131 Å². The predicted octanol–water partition coefficient (Wildman–Crippen LogP) is -0.201. The van der Waals surface area contributed by atoms with Gasteiger partial charge in [-0.15, -0.1) is 11.8 Å². The second kappa shape index (κ2) is 43.1. The molecule has 5 atom stereocenters. The molecule has 1 saturated heterocycles. The van der Waals surface area contributed by atoms with E-state index < -0.39 is 158 Å². The third kappa shape index (κ3) is 26.4. The van der Waals surface area contributed by atoms with Gasteiger partial charge < -0.3 is 74.6 Å². The van der Waals surface area contributed by atoms with Crippen LogP contribution in [0, 0.1) is 11.8 Å². The summed E-state index contributed by atoms with van der Waals surface area (Å²) in [6, 6.07) is 23.2. The molecule has 39 heteroatoms. The Bertz CT molecular complexity index is 4560. The number of carboxylic acids is 3. The molecule has 5 unspecified atom stereocenters. The van der Waals surface area contributed by atoms with Gasteiger partial charge in [0.15, 0.2) is 49.6 Å². The SMILES string of the molecule is [B]NCCOCCOCCC(=O)NC(Cc1ccccc1)C(=O)CC(CS)C(=O)C(=O)O.[B]NCCOCCOCCC(=O)NC(Cc1ccccc1)C(=O)CC(CSC1CC(=O)N(CCCC(=O)c2ccc(-c3c4ccc(=[NH2+])c(S(=O)(=O)[O-])c-4oc4c(S(=O)(=O)[O-])c(N)ccc34)c(C(=O)O)c2)C1=O)C(=O)C(=O)O. The first-order valence-electron chi connectivity index (χ1n) is 33.5. The van der Waals surface area contributed by atoms with Crippen molar-refractivity contribution in [2.24, 2.45) is 11.8 Å². The molecule has 4 aromatic carbocycles. The zero-order valence-electron chi connectivity index (χ0n) is 58.4. The van der Waals surface area contributed by atoms with Crippen LogP contribution < -0.4 is 37.6 Å². The normalized spacial score (nSPS) is 14.1. The van der Waals surface area contributed by atoms with E-state index in [-0.39, 0.29) is 129 Å². The van der Waals surface area contributed by atoms with Crippen LogP contribution in [-0.4, -0.2) is 234 Å². The molecule has 109 heavy (non-hydrogen) atoms. The number of likely N-dealkylation sites (tertiary alicyclic amines) is 1. The zero-order valence-corrected chi connectivity index (χ0v) is 61.8. The van der Waals surface area contributed by atoms with Crippen molar-refractivity contribution >= 4 is 148 Å². The number of nitrogens with zero attached hydrogens (tertiary/aromatic N) is 1. The van der Waals surface area contributed by atoms with Crippen LogP contribution in [0.15, 0.2) is 117 Å². The van der Waals surface area contributed by atoms with Crippen molar-refractivity contribution in [3.8, 4) is 22.5 Å². The van der Waals surface area contributed by atoms with Gasteiger partial charge >= 0.3 is 17.9 Å². The van der Waals surface area contributed by atoms with E-state index in [1.54, 1.807) is 30.3 Å². The standard InChI is InChI=1S/C49H50BN5O19S3.C21H29BN2O7S/c50-53-15-18-73-20-19-72-17-14-39(58)54-35(21-26-5-2-1-3-6-26)37(57)23-28(42(60)49(64)65)25-75-38-24-40(59)55(47(38)61)16-4-7-36(56)27-8-9-29(32(22-27)48(62)63)41-30-10-12-33(51)45(76(66,67)68)43(30)74-44-31(41)11-13-34(52)46(44)77(69,70)71;22-23-7-9-31-11-10-30-8-6-19(26)24-17(12-15-4-2-1-3-5-15)18(25)13-16(14-32)20(27)21(28)29/h1-3,5-6,8-13,22,28,35,38,51,53H,4,7,14-21,23-25,52H2,(H,54,58)(H,62,63)(H,64,65)(H,66,67,68)(H,69,70,71);1-5,16-17,23,32H,6-14H2,(H,24,26)(H,28,29)/p-1. The number of hydrogen-bond donors (Lipinski definition) is 10. The first-order chi connectivity index (χ1) is 51.8. The number of amides is 4. The fourth-order valence-corrected chi connectivity index (χ4v) is 14.3. The molecule has 1 aliphatic carbocycles. The van der Waals surface area contributed by atoms with Crippen LogP contribution in [-0.2, 0) is 100.0 Å². The minimum atomic E-state index is -5.49. The Morgan fingerprint density at radius 2 is 1.15 bits per heavy atom. The van der Waals surface area contributed by atoms with E-state index >= 15 is 0 Å². The number of imide groups is 1. The van der Waals surface area contributed by atoms with Crippen LogP contribution >= 0.6 is 24.4 Å². The van der Waals surface area contributed by atoms with Crippen LogP contribution in [0.25, 0.3) is 33.4 Å². The number of benzene rings is 5. The third-order valence-electron chi connectivity index (χ3n) is 16.6. The molecular formula is C70H78B2N7O26S4-. The van der Waals surface area contributed by atoms with E-state index in [4.69, 9.17) is 55.6 Å². The monoisotopic (exact) mass is 1580 g/mol. The van der Waals surface area contributed by atoms with E-state index in [2.05, 4.69) is 33.7 Å². The lowest BCUT2D eigenvalue weighted by atomic mass is 9.89. The molecule has 0 bridgehead atoms. The highest BCUT2D eigenvalue weighted by Crippen LogP contribution is 2.46. The summed E-state index contributed by atoms with van der Waals surface area (Å²) in [5, 5.41) is 43.1. The van der Waals surface area contributed by atoms with Crippen LogP contribution in [0.3, 0.4) is 0 Å². The minimum Gasteiger partial charge on any atom is -0.744 e. The van der Waals surface area contributed by atoms with Gasteiger partial charge in [-0.05, 0) is 60.2 Å². The number of fused-ring (bicyclic) bond motifs is 2. The van der Waals surface area contributed by atoms with Crippen molar-refractivity contribution in [3.63, 3.8) is 0 Å². The fourth-order valence-electron chi connectivity index (χ4n) is 11.3. The van der Waals surface area contributed by atoms with Crippen molar-refractivity contribution in [1.82, 2.24) is 26.0 Å². The number of ketones is 5. The number of rotatable bonds is 47. The van der Waals surface area contributed by atoms with Crippen LogP contribution in [0.5, 0.6) is 0 Å². The van der Waals surface area contributed by atoms with Gasteiger partial charge in [-0.25, -0.2) is 31.2 Å². The molecular weight excluding hydrogens is 1500 g/mol. The number of carbonyl (C=O) groups is 12. The van der Waals surface area contributed by atoms with Gasteiger partial charge in [0.05, 0.1) is 81.4 Å². The Morgan fingerprint density at radius 3 is 1.63 bits per heavy atom. The van der Waals surface area contributed by atoms with E-state index in [1.165, 1.54) is 18.2 Å². The first-order valence-corrected chi connectivity index (χ1v) is 38.0. The molecule has 4 amide bonds. The number of thiol groups is 1. The molecule has 1 fully saturated rings. The molecule has 580 valence electrons. The minimum absolute atomic E-state index is 0.00329. The van der Waals surface area contributed by atoms with Gasteiger partial charge in [-0.1, -0.05) is 72.8 Å². The van der Waals surface area contributed by atoms with E-state index in [0.717, 1.165) is 46.5 Å². The van der Waals surface area contributed by atoms with Crippen LogP contribution in [0.1, 0.15) is 76.8 Å². The number of ether oxygens (including phenoxy) is 4. The molecule has 4 aromatic rings. The highest BCUT2D eigenvalue weighted by molar-refractivity contribution is 8.00. The van der Waals surface area contributed by atoms with Gasteiger partial charge in [0.2, 0.25) is 40.6 Å². The van der Waals surface area contributed by atoms with Crippen LogP contribution in [0.2, 0.25) is 0 Å². The number of anilines is 1. The molecule has 0 saturated carbocycles. The summed E-state index contributed by atoms with van der Waals surface area (Å²) in [7, 11) is -0.670. The largest absolute Gasteiger partial charge is 0.744 e. The van der Waals surface area contributed by atoms with Crippen molar-refractivity contribution in [1.29, 1.82) is 0 Å². The molecule has 2 heterocycles. The summed E-state index contributed by atoms with van der Waals surface area (Å²) >= 11 is 4.78. The lowest BCUT2D eigenvalue weighted by Crippen LogP contribution is -2.47. The summed E-state index contributed by atoms with van der Waals surface area (Å²) < 4.78 is 102. The maximum Gasteiger partial charge on any atom is 0.372 e. The summed E-state index contributed by atoms with van der Waals surface area (Å²) in [5.74, 6) is -15.4. The van der Waals surface area contributed by atoms with Crippen molar-refractivity contribution in [2.45, 2.75) is 84.9 Å². The average molecular weight is 1580 g/mol. The van der Waals surface area contributed by atoms with Crippen LogP contribution in [0.4, 0.5) is 5.69 Å². The number of nitrogen functional groups attached to an aromatic ring is 1. The molecule has 7 rings (SSSR count). The van der Waals surface area contributed by atoms with E-state index in [1.807, 2.05) is 30.3 Å². The van der Waals surface area contributed by atoms with Crippen molar-refractivity contribution in [2.75, 3.05) is 89.7 Å².